The molecule has 4 nitrogen and oxygen atoms in total. The molecule has 1 aromatic carbocycles. The van der Waals surface area contributed by atoms with Gasteiger partial charge in [-0.05, 0) is 37.0 Å². The van der Waals surface area contributed by atoms with Crippen LogP contribution in [-0.4, -0.2) is 38.2 Å². The summed E-state index contributed by atoms with van der Waals surface area (Å²) in [5.41, 5.74) is 2.59. The molecule has 1 amide bonds. The Balaban J connectivity index is 0.00000242. The van der Waals surface area contributed by atoms with Gasteiger partial charge in [0.2, 0.25) is 0 Å². The highest BCUT2D eigenvalue weighted by Gasteiger charge is 2.29. The minimum atomic E-state index is -0.323. The number of fused-ring (bicyclic) bond motifs is 1. The Morgan fingerprint density at radius 3 is 2.91 bits per heavy atom. The average molecular weight is 323 g/mol. The molecule has 0 saturated carbocycles. The van der Waals surface area contributed by atoms with Crippen LogP contribution in [0.3, 0.4) is 0 Å². The van der Waals surface area contributed by atoms with Gasteiger partial charge in [0.15, 0.2) is 0 Å². The Morgan fingerprint density at radius 1 is 1.55 bits per heavy atom. The summed E-state index contributed by atoms with van der Waals surface area (Å²) in [4.78, 5) is 14.7. The quantitative estimate of drug-likeness (QED) is 0.669. The molecule has 0 radical (unpaired) electrons. The number of rotatable bonds is 4. The van der Waals surface area contributed by atoms with E-state index in [9.17, 15) is 4.79 Å². The van der Waals surface area contributed by atoms with E-state index in [4.69, 9.17) is 11.2 Å². The van der Waals surface area contributed by atoms with Crippen molar-refractivity contribution >= 4 is 6.09 Å². The van der Waals surface area contributed by atoms with Gasteiger partial charge in [-0.1, -0.05) is 6.07 Å². The maximum Gasteiger partial charge on any atom is 0.414 e. The number of nitrogens with zero attached hydrogens (tertiary/aromatic N) is 1. The van der Waals surface area contributed by atoms with E-state index < -0.39 is 0 Å². The Morgan fingerprint density at radius 2 is 2.27 bits per heavy atom. The second kappa shape index (κ2) is 8.07. The number of quaternary nitrogens is 1. The van der Waals surface area contributed by atoms with Crippen LogP contribution in [0, 0.1) is 12.3 Å². The highest BCUT2D eigenvalue weighted by molar-refractivity contribution is 5.70. The first-order valence-electron chi connectivity index (χ1n) is 7.38. The third-order valence-corrected chi connectivity index (χ3v) is 4.16. The van der Waals surface area contributed by atoms with E-state index >= 15 is 0 Å². The van der Waals surface area contributed by atoms with Gasteiger partial charge in [-0.25, -0.2) is 4.79 Å². The predicted molar refractivity (Wildman–Crippen MR) is 82.4 cm³/mol. The van der Waals surface area contributed by atoms with Gasteiger partial charge >= 0.3 is 6.09 Å². The van der Waals surface area contributed by atoms with Crippen molar-refractivity contribution in [3.8, 4) is 18.1 Å². The molecule has 22 heavy (non-hydrogen) atoms. The van der Waals surface area contributed by atoms with Crippen molar-refractivity contribution in [3.05, 3.63) is 29.3 Å². The summed E-state index contributed by atoms with van der Waals surface area (Å²) in [7, 11) is 3.84. The van der Waals surface area contributed by atoms with Crippen LogP contribution in [0.2, 0.25) is 0 Å². The first-order valence-corrected chi connectivity index (χ1v) is 7.38. The largest absolute Gasteiger partial charge is 1.00 e. The van der Waals surface area contributed by atoms with Crippen LogP contribution in [0.4, 0.5) is 4.79 Å². The number of nitrogens with one attached hydrogen (secondary N) is 1. The number of carbonyl (C=O) groups excluding carboxylic acids is 1. The van der Waals surface area contributed by atoms with Gasteiger partial charge in [-0.3, -0.25) is 0 Å². The zero-order valence-corrected chi connectivity index (χ0v) is 14.1. The van der Waals surface area contributed by atoms with E-state index in [0.717, 1.165) is 12.8 Å². The molecule has 0 fully saturated rings. The van der Waals surface area contributed by atoms with Crippen LogP contribution in [0.25, 0.3) is 0 Å². The zero-order chi connectivity index (χ0) is 15.4. The molecular formula is C17H23ClN2O2. The third kappa shape index (κ3) is 3.94. The topological polar surface area (TPSA) is 34.0 Å². The van der Waals surface area contributed by atoms with Crippen LogP contribution in [-0.2, 0) is 6.42 Å². The summed E-state index contributed by atoms with van der Waals surface area (Å²) in [6.07, 6.45) is 7.25. The predicted octanol–water partition coefficient (Wildman–Crippen LogP) is -1.72. The first-order chi connectivity index (χ1) is 10.1. The van der Waals surface area contributed by atoms with Crippen molar-refractivity contribution in [2.75, 3.05) is 27.2 Å². The second-order valence-electron chi connectivity index (χ2n) is 5.56. The SMILES string of the molecule is C#CC[NH+](C)C1CCc2ccc(OC(=O)N(C)CC)cc21.[Cl-]. The Kier molecular flexibility index (Phi) is 6.73. The smallest absolute Gasteiger partial charge is 0.414 e. The van der Waals surface area contributed by atoms with E-state index in [2.05, 4.69) is 19.0 Å². The molecule has 1 aliphatic carbocycles. The number of amides is 1. The lowest BCUT2D eigenvalue weighted by molar-refractivity contribution is -0.904. The fourth-order valence-electron chi connectivity index (χ4n) is 2.75. The molecule has 0 bridgehead atoms. The number of terminal acetylenes is 1. The van der Waals surface area contributed by atoms with Crippen LogP contribution >= 0.6 is 0 Å². The van der Waals surface area contributed by atoms with E-state index in [-0.39, 0.29) is 18.5 Å². The second-order valence-corrected chi connectivity index (χ2v) is 5.56. The summed E-state index contributed by atoms with van der Waals surface area (Å²) < 4.78 is 5.42. The molecule has 2 atom stereocenters. The van der Waals surface area contributed by atoms with E-state index in [1.54, 1.807) is 11.9 Å². The lowest BCUT2D eigenvalue weighted by Crippen LogP contribution is -3.09. The van der Waals surface area contributed by atoms with Crippen molar-refractivity contribution in [2.45, 2.75) is 25.8 Å². The number of aryl methyl sites for hydroxylation is 1. The molecule has 1 N–H and O–H groups in total. The van der Waals surface area contributed by atoms with Gasteiger partial charge in [0.25, 0.3) is 0 Å². The maximum absolute atomic E-state index is 11.8. The molecule has 1 aromatic rings. The molecule has 0 saturated heterocycles. The zero-order valence-electron chi connectivity index (χ0n) is 13.4. The minimum Gasteiger partial charge on any atom is -1.00 e. The molecule has 120 valence electrons. The molecule has 2 rings (SSSR count). The van der Waals surface area contributed by atoms with Crippen LogP contribution < -0.4 is 22.0 Å². The van der Waals surface area contributed by atoms with Crippen molar-refractivity contribution in [1.29, 1.82) is 0 Å². The van der Waals surface area contributed by atoms with Crippen molar-refractivity contribution in [1.82, 2.24) is 4.90 Å². The normalized spacial score (nSPS) is 16.9. The number of carbonyl (C=O) groups is 1. The molecule has 0 spiro atoms. The molecule has 1 aliphatic rings. The lowest BCUT2D eigenvalue weighted by atomic mass is 10.1. The first kappa shape index (κ1) is 18.3. The molecule has 0 aromatic heterocycles. The van der Waals surface area contributed by atoms with Gasteiger partial charge in [-0.15, -0.1) is 6.42 Å². The highest BCUT2D eigenvalue weighted by atomic mass is 35.5. The molecular weight excluding hydrogens is 300 g/mol. The lowest BCUT2D eigenvalue weighted by Gasteiger charge is -2.20. The van der Waals surface area contributed by atoms with E-state index in [1.807, 2.05) is 19.1 Å². The molecule has 2 unspecified atom stereocenters. The Bertz CT molecular complexity index is 568. The van der Waals surface area contributed by atoms with Crippen LogP contribution in [0.5, 0.6) is 5.75 Å². The highest BCUT2D eigenvalue weighted by Crippen LogP contribution is 2.32. The molecule has 0 aliphatic heterocycles. The number of hydrogen-bond acceptors (Lipinski definition) is 2. The van der Waals surface area contributed by atoms with E-state index in [0.29, 0.717) is 24.9 Å². The van der Waals surface area contributed by atoms with Gasteiger partial charge in [0, 0.05) is 25.6 Å². The Labute approximate surface area is 138 Å². The maximum atomic E-state index is 11.8. The minimum absolute atomic E-state index is 0. The number of ether oxygens (including phenoxy) is 1. The fourth-order valence-corrected chi connectivity index (χ4v) is 2.75. The number of benzene rings is 1. The van der Waals surface area contributed by atoms with Crippen LogP contribution in [0.1, 0.15) is 30.5 Å². The molecule has 5 heteroatoms. The van der Waals surface area contributed by atoms with Gasteiger partial charge < -0.3 is 26.9 Å². The van der Waals surface area contributed by atoms with Gasteiger partial charge in [0.05, 0.1) is 7.05 Å². The average Bonchev–Trinajstić information content (AvgIpc) is 2.89. The summed E-state index contributed by atoms with van der Waals surface area (Å²) in [5, 5.41) is 0. The summed E-state index contributed by atoms with van der Waals surface area (Å²) in [6, 6.07) is 6.32. The third-order valence-electron chi connectivity index (χ3n) is 4.16. The fraction of sp³-hybridized carbons (Fsp3) is 0.471. The van der Waals surface area contributed by atoms with Gasteiger partial charge in [0.1, 0.15) is 18.3 Å². The Hall–Kier alpha value is -1.70. The van der Waals surface area contributed by atoms with Crippen molar-refractivity contribution < 1.29 is 26.8 Å². The monoisotopic (exact) mass is 322 g/mol. The standard InChI is InChI=1S/C17H22N2O2.ClH/c1-5-11-19(4)16-10-8-13-7-9-14(12-15(13)16)21-17(20)18(3)6-2;/h1,7,9,12,16H,6,8,10-11H2,2-4H3;1H. The number of hydrogen-bond donors (Lipinski definition) is 1. The van der Waals surface area contributed by atoms with Crippen molar-refractivity contribution in [3.63, 3.8) is 0 Å². The molecule has 0 heterocycles. The summed E-state index contributed by atoms with van der Waals surface area (Å²) in [6.45, 7) is 3.24. The number of halogens is 1. The van der Waals surface area contributed by atoms with Crippen LogP contribution in [0.15, 0.2) is 18.2 Å². The summed E-state index contributed by atoms with van der Waals surface area (Å²) >= 11 is 0. The summed E-state index contributed by atoms with van der Waals surface area (Å²) in [5.74, 6) is 3.33. The van der Waals surface area contributed by atoms with E-state index in [1.165, 1.54) is 16.0 Å². The van der Waals surface area contributed by atoms with Crippen molar-refractivity contribution in [2.24, 2.45) is 0 Å². The van der Waals surface area contributed by atoms with Gasteiger partial charge in [-0.2, -0.15) is 0 Å².